The first-order chi connectivity index (χ1) is 11.8. The molecule has 0 aliphatic heterocycles. The molecule has 1 amide bonds. The second-order valence-corrected chi connectivity index (χ2v) is 5.49. The van der Waals surface area contributed by atoms with Crippen LogP contribution >= 0.6 is 0 Å². The Morgan fingerprint density at radius 3 is 2.36 bits per heavy atom. The Morgan fingerprint density at radius 2 is 1.76 bits per heavy atom. The van der Waals surface area contributed by atoms with E-state index in [0.29, 0.717) is 5.69 Å². The SMILES string of the molecule is Cc1c(C(=O)OC(C)C(=O)N(C)c2ccccc2)cccc1[N+](=O)[O-]. The number of anilines is 1. The molecule has 0 saturated carbocycles. The molecule has 25 heavy (non-hydrogen) atoms. The molecular formula is C18H18N2O5. The van der Waals surface area contributed by atoms with Crippen LogP contribution in [-0.4, -0.2) is 30.0 Å². The van der Waals surface area contributed by atoms with Crippen LogP contribution in [0.5, 0.6) is 0 Å². The van der Waals surface area contributed by atoms with Crippen LogP contribution in [0.25, 0.3) is 0 Å². The number of nitrogens with zero attached hydrogens (tertiary/aromatic N) is 2. The molecule has 0 spiro atoms. The topological polar surface area (TPSA) is 89.8 Å². The van der Waals surface area contributed by atoms with E-state index in [1.54, 1.807) is 31.3 Å². The van der Waals surface area contributed by atoms with Crippen LogP contribution < -0.4 is 4.90 Å². The predicted molar refractivity (Wildman–Crippen MR) is 92.6 cm³/mol. The number of hydrogen-bond acceptors (Lipinski definition) is 5. The number of nitro groups is 1. The van der Waals surface area contributed by atoms with Gasteiger partial charge in [0.15, 0.2) is 6.10 Å². The van der Waals surface area contributed by atoms with Gasteiger partial charge in [0.2, 0.25) is 0 Å². The number of nitro benzene ring substituents is 1. The molecule has 0 aromatic heterocycles. The molecule has 0 radical (unpaired) electrons. The van der Waals surface area contributed by atoms with E-state index >= 15 is 0 Å². The van der Waals surface area contributed by atoms with Gasteiger partial charge in [-0.3, -0.25) is 14.9 Å². The average molecular weight is 342 g/mol. The fourth-order valence-corrected chi connectivity index (χ4v) is 2.37. The van der Waals surface area contributed by atoms with Crippen molar-refractivity contribution in [1.29, 1.82) is 0 Å². The number of carbonyl (C=O) groups excluding carboxylic acids is 2. The minimum absolute atomic E-state index is 0.0659. The standard InChI is InChI=1S/C18H18N2O5/c1-12-15(10-7-11-16(12)20(23)24)18(22)25-13(2)17(21)19(3)14-8-5-4-6-9-14/h4-11,13H,1-3H3. The van der Waals surface area contributed by atoms with Crippen LogP contribution in [0.1, 0.15) is 22.8 Å². The molecular weight excluding hydrogens is 324 g/mol. The summed E-state index contributed by atoms with van der Waals surface area (Å²) in [6.07, 6.45) is -1.03. The molecule has 0 heterocycles. The van der Waals surface area contributed by atoms with Crippen molar-refractivity contribution in [2.45, 2.75) is 20.0 Å². The zero-order chi connectivity index (χ0) is 18.6. The Labute approximate surface area is 145 Å². The summed E-state index contributed by atoms with van der Waals surface area (Å²) in [5, 5.41) is 11.0. The molecule has 7 heteroatoms. The first-order valence-corrected chi connectivity index (χ1v) is 7.60. The molecule has 0 saturated heterocycles. The number of ether oxygens (including phenoxy) is 1. The van der Waals surface area contributed by atoms with Crippen LogP contribution in [0.4, 0.5) is 11.4 Å². The van der Waals surface area contributed by atoms with Crippen molar-refractivity contribution < 1.29 is 19.2 Å². The lowest BCUT2D eigenvalue weighted by Gasteiger charge is -2.21. The summed E-state index contributed by atoms with van der Waals surface area (Å²) in [5.41, 5.74) is 0.765. The van der Waals surface area contributed by atoms with Crippen LogP contribution in [0, 0.1) is 17.0 Å². The van der Waals surface area contributed by atoms with E-state index in [-0.39, 0.29) is 16.8 Å². The van der Waals surface area contributed by atoms with Gasteiger partial charge in [0.05, 0.1) is 10.5 Å². The second kappa shape index (κ2) is 7.57. The van der Waals surface area contributed by atoms with Gasteiger partial charge in [-0.05, 0) is 32.0 Å². The highest BCUT2D eigenvalue weighted by atomic mass is 16.6. The summed E-state index contributed by atoms with van der Waals surface area (Å²) in [6, 6.07) is 13.1. The zero-order valence-electron chi connectivity index (χ0n) is 14.1. The Kier molecular flexibility index (Phi) is 5.49. The van der Waals surface area contributed by atoms with Crippen LogP contribution in [0.2, 0.25) is 0 Å². The van der Waals surface area contributed by atoms with Crippen molar-refractivity contribution >= 4 is 23.3 Å². The highest BCUT2D eigenvalue weighted by molar-refractivity contribution is 5.99. The smallest absolute Gasteiger partial charge is 0.339 e. The molecule has 7 nitrogen and oxygen atoms in total. The summed E-state index contributed by atoms with van der Waals surface area (Å²) in [6.45, 7) is 2.93. The van der Waals surface area contributed by atoms with Crippen molar-refractivity contribution in [3.63, 3.8) is 0 Å². The van der Waals surface area contributed by atoms with Gasteiger partial charge in [0.1, 0.15) is 0 Å². The van der Waals surface area contributed by atoms with E-state index < -0.39 is 22.9 Å². The number of carbonyl (C=O) groups is 2. The van der Waals surface area contributed by atoms with Gasteiger partial charge in [-0.25, -0.2) is 4.79 Å². The first kappa shape index (κ1) is 18.1. The number of rotatable bonds is 5. The van der Waals surface area contributed by atoms with Crippen LogP contribution in [0.15, 0.2) is 48.5 Å². The lowest BCUT2D eigenvalue weighted by Crippen LogP contribution is -2.37. The van der Waals surface area contributed by atoms with Gasteiger partial charge < -0.3 is 9.64 Å². The third-order valence-corrected chi connectivity index (χ3v) is 3.83. The molecule has 0 N–H and O–H groups in total. The molecule has 0 aliphatic rings. The molecule has 2 aromatic carbocycles. The highest BCUT2D eigenvalue weighted by Gasteiger charge is 2.25. The normalized spacial score (nSPS) is 11.5. The Hall–Kier alpha value is -3.22. The third kappa shape index (κ3) is 4.00. The van der Waals surface area contributed by atoms with Crippen molar-refractivity contribution in [1.82, 2.24) is 0 Å². The van der Waals surface area contributed by atoms with Gasteiger partial charge in [0, 0.05) is 24.4 Å². The monoisotopic (exact) mass is 342 g/mol. The molecule has 1 atom stereocenters. The maximum absolute atomic E-state index is 12.4. The maximum atomic E-state index is 12.4. The van der Waals surface area contributed by atoms with E-state index in [4.69, 9.17) is 4.74 Å². The van der Waals surface area contributed by atoms with Gasteiger partial charge in [-0.2, -0.15) is 0 Å². The van der Waals surface area contributed by atoms with Gasteiger partial charge in [-0.1, -0.05) is 24.3 Å². The second-order valence-electron chi connectivity index (χ2n) is 5.49. The predicted octanol–water partition coefficient (Wildman–Crippen LogP) is 3.11. The van der Waals surface area contributed by atoms with Crippen LogP contribution in [0.3, 0.4) is 0 Å². The van der Waals surface area contributed by atoms with Gasteiger partial charge in [-0.15, -0.1) is 0 Å². The molecule has 0 aliphatic carbocycles. The molecule has 2 rings (SSSR count). The molecule has 1 unspecified atom stereocenters. The number of benzene rings is 2. The summed E-state index contributed by atoms with van der Waals surface area (Å²) in [4.78, 5) is 36.5. The summed E-state index contributed by atoms with van der Waals surface area (Å²) in [5.74, 6) is -1.17. The first-order valence-electron chi connectivity index (χ1n) is 7.60. The summed E-state index contributed by atoms with van der Waals surface area (Å²) in [7, 11) is 1.58. The van der Waals surface area contributed by atoms with Crippen molar-refractivity contribution in [3.8, 4) is 0 Å². The Bertz CT molecular complexity index is 804. The number of hydrogen-bond donors (Lipinski definition) is 0. The number of likely N-dealkylation sites (N-methyl/N-ethyl adjacent to an activating group) is 1. The number of amides is 1. The van der Waals surface area contributed by atoms with E-state index in [9.17, 15) is 19.7 Å². The van der Waals surface area contributed by atoms with Gasteiger partial charge >= 0.3 is 5.97 Å². The molecule has 2 aromatic rings. The highest BCUT2D eigenvalue weighted by Crippen LogP contribution is 2.22. The van der Waals surface area contributed by atoms with Crippen molar-refractivity contribution in [3.05, 3.63) is 69.8 Å². The largest absolute Gasteiger partial charge is 0.449 e. The van der Waals surface area contributed by atoms with E-state index in [1.165, 1.54) is 36.9 Å². The van der Waals surface area contributed by atoms with Gasteiger partial charge in [0.25, 0.3) is 11.6 Å². The lowest BCUT2D eigenvalue weighted by atomic mass is 10.1. The Morgan fingerprint density at radius 1 is 1.12 bits per heavy atom. The number of esters is 1. The minimum atomic E-state index is -1.03. The van der Waals surface area contributed by atoms with Crippen molar-refractivity contribution in [2.24, 2.45) is 0 Å². The molecule has 130 valence electrons. The summed E-state index contributed by atoms with van der Waals surface area (Å²) >= 11 is 0. The summed E-state index contributed by atoms with van der Waals surface area (Å²) < 4.78 is 5.20. The molecule has 0 bridgehead atoms. The zero-order valence-corrected chi connectivity index (χ0v) is 14.1. The van der Waals surface area contributed by atoms with E-state index in [1.807, 2.05) is 6.07 Å². The maximum Gasteiger partial charge on any atom is 0.339 e. The van der Waals surface area contributed by atoms with E-state index in [2.05, 4.69) is 0 Å². The van der Waals surface area contributed by atoms with Crippen molar-refractivity contribution in [2.75, 3.05) is 11.9 Å². The third-order valence-electron chi connectivity index (χ3n) is 3.83. The van der Waals surface area contributed by atoms with E-state index in [0.717, 1.165) is 0 Å². The fourth-order valence-electron chi connectivity index (χ4n) is 2.37. The minimum Gasteiger partial charge on any atom is -0.449 e. The average Bonchev–Trinajstić information content (AvgIpc) is 2.60. The molecule has 0 fully saturated rings. The van der Waals surface area contributed by atoms with Crippen LogP contribution in [-0.2, 0) is 9.53 Å². The quantitative estimate of drug-likeness (QED) is 0.473. The Balaban J connectivity index is 2.14. The number of para-hydroxylation sites is 1. The fraction of sp³-hybridized carbons (Fsp3) is 0.222. The lowest BCUT2D eigenvalue weighted by molar-refractivity contribution is -0.385.